The van der Waals surface area contributed by atoms with Crippen LogP contribution in [0.4, 0.5) is 0 Å². The molecule has 0 fully saturated rings. The predicted octanol–water partition coefficient (Wildman–Crippen LogP) is 1.62. The molecule has 0 aliphatic heterocycles. The van der Waals surface area contributed by atoms with Gasteiger partial charge in [0, 0.05) is 11.5 Å². The van der Waals surface area contributed by atoms with Crippen molar-refractivity contribution in [1.82, 2.24) is 0 Å². The van der Waals surface area contributed by atoms with E-state index in [2.05, 4.69) is 0 Å². The van der Waals surface area contributed by atoms with Gasteiger partial charge >= 0.3 is 5.63 Å². The van der Waals surface area contributed by atoms with Gasteiger partial charge in [-0.25, -0.2) is 4.79 Å². The van der Waals surface area contributed by atoms with Crippen LogP contribution in [0.5, 0.6) is 5.75 Å². The molecule has 0 amide bonds. The van der Waals surface area contributed by atoms with Crippen LogP contribution in [0.15, 0.2) is 27.4 Å². The molecule has 0 unspecified atom stereocenters. The van der Waals surface area contributed by atoms with E-state index in [0.717, 1.165) is 0 Å². The number of phenols is 1. The smallest absolute Gasteiger partial charge is 0.347 e. The highest BCUT2D eigenvalue weighted by Gasteiger charge is 2.10. The number of aryl methyl sites for hydroxylation is 1. The molecule has 0 radical (unpaired) electrons. The Morgan fingerprint density at radius 3 is 2.80 bits per heavy atom. The van der Waals surface area contributed by atoms with Crippen LogP contribution in [0, 0.1) is 6.92 Å². The van der Waals surface area contributed by atoms with E-state index in [-0.39, 0.29) is 16.9 Å². The summed E-state index contributed by atoms with van der Waals surface area (Å²) in [5, 5.41) is 9.85. The molecular formula is C11H8O4. The Morgan fingerprint density at radius 2 is 2.13 bits per heavy atom. The zero-order chi connectivity index (χ0) is 11.0. The first-order valence-electron chi connectivity index (χ1n) is 4.35. The molecule has 76 valence electrons. The van der Waals surface area contributed by atoms with Crippen molar-refractivity contribution < 1.29 is 14.3 Å². The quantitative estimate of drug-likeness (QED) is 0.566. The molecule has 0 spiro atoms. The summed E-state index contributed by atoms with van der Waals surface area (Å²) in [5.41, 5.74) is 0.188. The van der Waals surface area contributed by atoms with Gasteiger partial charge in [0.1, 0.15) is 16.9 Å². The van der Waals surface area contributed by atoms with Crippen molar-refractivity contribution in [1.29, 1.82) is 0 Å². The van der Waals surface area contributed by atoms with Gasteiger partial charge in [-0.1, -0.05) is 0 Å². The Kier molecular flexibility index (Phi) is 2.04. The number of hydrogen-bond acceptors (Lipinski definition) is 4. The second-order valence-electron chi connectivity index (χ2n) is 3.23. The number of fused-ring (bicyclic) bond motifs is 1. The Labute approximate surface area is 84.8 Å². The van der Waals surface area contributed by atoms with Crippen molar-refractivity contribution in [3.05, 3.63) is 39.7 Å². The number of aldehydes is 1. The van der Waals surface area contributed by atoms with Gasteiger partial charge in [0.15, 0.2) is 6.29 Å². The lowest BCUT2D eigenvalue weighted by molar-refractivity contribution is 0.111. The molecule has 0 atom stereocenters. The summed E-state index contributed by atoms with van der Waals surface area (Å²) in [5.74, 6) is 0.0175. The van der Waals surface area contributed by atoms with Crippen LogP contribution >= 0.6 is 0 Å². The third-order valence-electron chi connectivity index (χ3n) is 2.31. The minimum absolute atomic E-state index is 0.0175. The second-order valence-corrected chi connectivity index (χ2v) is 3.23. The summed E-state index contributed by atoms with van der Waals surface area (Å²) in [6.07, 6.45) is 0.480. The van der Waals surface area contributed by atoms with E-state index >= 15 is 0 Å². The average molecular weight is 204 g/mol. The van der Waals surface area contributed by atoms with Crippen molar-refractivity contribution in [3.63, 3.8) is 0 Å². The molecule has 15 heavy (non-hydrogen) atoms. The molecule has 4 heteroatoms. The second kappa shape index (κ2) is 3.24. The minimum Gasteiger partial charge on any atom is -0.508 e. The third-order valence-corrected chi connectivity index (χ3v) is 2.31. The lowest BCUT2D eigenvalue weighted by Gasteiger charge is -2.02. The molecule has 1 aromatic carbocycles. The number of carbonyl (C=O) groups is 1. The molecule has 0 saturated heterocycles. The summed E-state index contributed by atoms with van der Waals surface area (Å²) in [4.78, 5) is 22.0. The van der Waals surface area contributed by atoms with E-state index in [1.54, 1.807) is 13.0 Å². The number of hydrogen-bond donors (Lipinski definition) is 1. The van der Waals surface area contributed by atoms with Crippen molar-refractivity contribution in [2.75, 3.05) is 0 Å². The molecule has 0 aliphatic carbocycles. The molecule has 0 saturated carbocycles. The predicted molar refractivity (Wildman–Crippen MR) is 54.3 cm³/mol. The highest BCUT2D eigenvalue weighted by molar-refractivity contribution is 5.89. The summed E-state index contributed by atoms with van der Waals surface area (Å²) >= 11 is 0. The normalized spacial score (nSPS) is 10.5. The van der Waals surface area contributed by atoms with Crippen LogP contribution in [-0.4, -0.2) is 11.4 Å². The number of carbonyl (C=O) groups excluding carboxylic acids is 1. The van der Waals surface area contributed by atoms with Crippen LogP contribution in [0.3, 0.4) is 0 Å². The van der Waals surface area contributed by atoms with Gasteiger partial charge < -0.3 is 9.52 Å². The van der Waals surface area contributed by atoms with E-state index in [1.165, 1.54) is 12.1 Å². The highest BCUT2D eigenvalue weighted by Crippen LogP contribution is 2.22. The molecule has 1 aromatic heterocycles. The molecule has 2 rings (SSSR count). The summed E-state index contributed by atoms with van der Waals surface area (Å²) in [6, 6.07) is 4.43. The summed E-state index contributed by atoms with van der Waals surface area (Å²) in [6.45, 7) is 1.67. The van der Waals surface area contributed by atoms with Crippen LogP contribution in [-0.2, 0) is 0 Å². The fraction of sp³-hybridized carbons (Fsp3) is 0.0909. The minimum atomic E-state index is -0.680. The van der Waals surface area contributed by atoms with E-state index in [1.807, 2.05) is 0 Å². The van der Waals surface area contributed by atoms with Gasteiger partial charge in [-0.2, -0.15) is 0 Å². The van der Waals surface area contributed by atoms with E-state index < -0.39 is 5.63 Å². The van der Waals surface area contributed by atoms with Crippen LogP contribution in [0.25, 0.3) is 11.0 Å². The van der Waals surface area contributed by atoms with Crippen LogP contribution in [0.1, 0.15) is 15.9 Å². The van der Waals surface area contributed by atoms with Gasteiger partial charge in [-0.05, 0) is 24.6 Å². The first-order chi connectivity index (χ1) is 7.13. The van der Waals surface area contributed by atoms with Gasteiger partial charge in [0.2, 0.25) is 0 Å². The Hall–Kier alpha value is -2.10. The van der Waals surface area contributed by atoms with Gasteiger partial charge in [-0.15, -0.1) is 0 Å². The molecule has 0 bridgehead atoms. The number of rotatable bonds is 1. The topological polar surface area (TPSA) is 67.5 Å². The molecule has 2 aromatic rings. The molecule has 0 aliphatic rings. The first kappa shape index (κ1) is 9.45. The lowest BCUT2D eigenvalue weighted by atomic mass is 10.1. The van der Waals surface area contributed by atoms with Gasteiger partial charge in [0.05, 0.1) is 0 Å². The zero-order valence-corrected chi connectivity index (χ0v) is 7.98. The lowest BCUT2D eigenvalue weighted by Crippen LogP contribution is -2.08. The number of phenolic OH excluding ortho intramolecular Hbond substituents is 1. The Bertz CT molecular complexity index is 595. The standard InChI is InChI=1S/C11H8O4/c1-6-8-3-2-7(13)4-10(8)15-11(14)9(6)5-12/h2-5,13H,1H3. The Morgan fingerprint density at radius 1 is 1.40 bits per heavy atom. The van der Waals surface area contributed by atoms with E-state index in [4.69, 9.17) is 4.42 Å². The van der Waals surface area contributed by atoms with Crippen molar-refractivity contribution in [2.24, 2.45) is 0 Å². The molecule has 4 nitrogen and oxygen atoms in total. The maximum absolute atomic E-state index is 11.3. The summed E-state index contributed by atoms with van der Waals surface area (Å²) < 4.78 is 4.90. The highest BCUT2D eigenvalue weighted by atomic mass is 16.4. The fourth-order valence-corrected chi connectivity index (χ4v) is 1.49. The maximum atomic E-state index is 11.3. The summed E-state index contributed by atoms with van der Waals surface area (Å²) in [7, 11) is 0. The first-order valence-corrected chi connectivity index (χ1v) is 4.35. The van der Waals surface area contributed by atoms with Crippen molar-refractivity contribution >= 4 is 17.3 Å². The van der Waals surface area contributed by atoms with E-state index in [0.29, 0.717) is 17.2 Å². The third kappa shape index (κ3) is 1.40. The van der Waals surface area contributed by atoms with Gasteiger partial charge in [0.25, 0.3) is 0 Å². The molecular weight excluding hydrogens is 196 g/mol. The zero-order valence-electron chi connectivity index (χ0n) is 7.98. The van der Waals surface area contributed by atoms with Crippen LogP contribution in [0.2, 0.25) is 0 Å². The fourth-order valence-electron chi connectivity index (χ4n) is 1.49. The van der Waals surface area contributed by atoms with Crippen LogP contribution < -0.4 is 5.63 Å². The number of aromatic hydroxyl groups is 1. The monoisotopic (exact) mass is 204 g/mol. The maximum Gasteiger partial charge on any atom is 0.347 e. The Balaban J connectivity index is 2.97. The average Bonchev–Trinajstić information content (AvgIpc) is 2.17. The van der Waals surface area contributed by atoms with Crippen molar-refractivity contribution in [2.45, 2.75) is 6.92 Å². The van der Waals surface area contributed by atoms with E-state index in [9.17, 15) is 14.7 Å². The van der Waals surface area contributed by atoms with Gasteiger partial charge in [-0.3, -0.25) is 4.79 Å². The number of benzene rings is 1. The SMILES string of the molecule is Cc1c(C=O)c(=O)oc2cc(O)ccc12. The molecule has 1 heterocycles. The molecule has 1 N–H and O–H groups in total. The van der Waals surface area contributed by atoms with Crippen molar-refractivity contribution in [3.8, 4) is 5.75 Å². The largest absolute Gasteiger partial charge is 0.508 e.